The van der Waals surface area contributed by atoms with Crippen LogP contribution in [0, 0.1) is 0 Å². The van der Waals surface area contributed by atoms with E-state index in [-0.39, 0.29) is 5.91 Å². The van der Waals surface area contributed by atoms with Crippen molar-refractivity contribution in [2.24, 2.45) is 0 Å². The zero-order valence-electron chi connectivity index (χ0n) is 17.8. The number of rotatable bonds is 9. The van der Waals surface area contributed by atoms with E-state index >= 15 is 0 Å². The van der Waals surface area contributed by atoms with Crippen molar-refractivity contribution in [1.29, 1.82) is 0 Å². The Morgan fingerprint density at radius 3 is 2.40 bits per heavy atom. The number of benzene rings is 2. The molecule has 0 radical (unpaired) electrons. The highest BCUT2D eigenvalue weighted by Crippen LogP contribution is 2.39. The predicted octanol–water partition coefficient (Wildman–Crippen LogP) is 3.73. The molecular weight excluding hydrogens is 384 g/mol. The Balaban J connectivity index is 1.82. The van der Waals surface area contributed by atoms with Gasteiger partial charge in [0, 0.05) is 25.2 Å². The first-order valence-corrected chi connectivity index (χ1v) is 10.4. The molecule has 1 heterocycles. The third-order valence-corrected chi connectivity index (χ3v) is 4.70. The number of para-hydroxylation sites is 1. The lowest BCUT2D eigenvalue weighted by molar-refractivity contribution is -0.122. The molecule has 0 bridgehead atoms. The number of ether oxygens (including phenoxy) is 4. The SMILES string of the molecule is CCOc1cc(N2CCOCC2)c(OCC)cc1NC(=O)[C@H](C)Oc1ccccc1. The minimum atomic E-state index is -0.670. The molecule has 7 nitrogen and oxygen atoms in total. The fourth-order valence-electron chi connectivity index (χ4n) is 3.24. The molecule has 2 aromatic rings. The van der Waals surface area contributed by atoms with Gasteiger partial charge in [0.15, 0.2) is 6.10 Å². The van der Waals surface area contributed by atoms with Gasteiger partial charge < -0.3 is 29.2 Å². The Morgan fingerprint density at radius 1 is 1.07 bits per heavy atom. The summed E-state index contributed by atoms with van der Waals surface area (Å²) in [5.74, 6) is 1.68. The Labute approximate surface area is 177 Å². The number of hydrogen-bond acceptors (Lipinski definition) is 6. The van der Waals surface area contributed by atoms with E-state index in [1.54, 1.807) is 6.92 Å². The van der Waals surface area contributed by atoms with Gasteiger partial charge in [0.1, 0.15) is 17.2 Å². The molecule has 7 heteroatoms. The number of carbonyl (C=O) groups excluding carboxylic acids is 1. The van der Waals surface area contributed by atoms with Crippen LogP contribution in [0.5, 0.6) is 17.2 Å². The molecule has 1 amide bonds. The van der Waals surface area contributed by atoms with Gasteiger partial charge in [-0.2, -0.15) is 0 Å². The molecule has 3 rings (SSSR count). The largest absolute Gasteiger partial charge is 0.492 e. The second-order valence-corrected chi connectivity index (χ2v) is 6.84. The summed E-state index contributed by atoms with van der Waals surface area (Å²) < 4.78 is 22.9. The number of hydrogen-bond donors (Lipinski definition) is 1. The third kappa shape index (κ3) is 5.57. The van der Waals surface area contributed by atoms with Crippen LogP contribution in [-0.2, 0) is 9.53 Å². The fourth-order valence-corrected chi connectivity index (χ4v) is 3.24. The predicted molar refractivity (Wildman–Crippen MR) is 117 cm³/mol. The molecule has 0 aromatic heterocycles. The van der Waals surface area contributed by atoms with Gasteiger partial charge in [0.2, 0.25) is 0 Å². The van der Waals surface area contributed by atoms with Crippen molar-refractivity contribution in [3.05, 3.63) is 42.5 Å². The lowest BCUT2D eigenvalue weighted by Crippen LogP contribution is -2.36. The number of amides is 1. The van der Waals surface area contributed by atoms with Gasteiger partial charge in [-0.3, -0.25) is 4.79 Å². The highest BCUT2D eigenvalue weighted by Gasteiger charge is 2.22. The van der Waals surface area contributed by atoms with E-state index in [4.69, 9.17) is 18.9 Å². The van der Waals surface area contributed by atoms with Crippen LogP contribution in [-0.4, -0.2) is 51.5 Å². The average molecular weight is 415 g/mol. The highest BCUT2D eigenvalue weighted by molar-refractivity contribution is 5.96. The van der Waals surface area contributed by atoms with Crippen molar-refractivity contribution in [3.63, 3.8) is 0 Å². The quantitative estimate of drug-likeness (QED) is 0.674. The van der Waals surface area contributed by atoms with Crippen LogP contribution in [0.25, 0.3) is 0 Å². The molecule has 1 N–H and O–H groups in total. The summed E-state index contributed by atoms with van der Waals surface area (Å²) in [6.45, 7) is 9.46. The first-order valence-electron chi connectivity index (χ1n) is 10.4. The summed E-state index contributed by atoms with van der Waals surface area (Å²) in [6.07, 6.45) is -0.670. The summed E-state index contributed by atoms with van der Waals surface area (Å²) >= 11 is 0. The Morgan fingerprint density at radius 2 is 1.73 bits per heavy atom. The summed E-state index contributed by atoms with van der Waals surface area (Å²) in [7, 11) is 0. The van der Waals surface area contributed by atoms with Gasteiger partial charge in [0.25, 0.3) is 5.91 Å². The van der Waals surface area contributed by atoms with Crippen molar-refractivity contribution < 1.29 is 23.7 Å². The molecule has 1 aliphatic heterocycles. The van der Waals surface area contributed by atoms with E-state index in [2.05, 4.69) is 10.2 Å². The number of nitrogens with one attached hydrogen (secondary N) is 1. The van der Waals surface area contributed by atoms with Gasteiger partial charge in [-0.15, -0.1) is 0 Å². The van der Waals surface area contributed by atoms with Gasteiger partial charge >= 0.3 is 0 Å². The molecule has 0 aliphatic carbocycles. The van der Waals surface area contributed by atoms with Crippen LogP contribution >= 0.6 is 0 Å². The Kier molecular flexibility index (Phi) is 7.79. The van der Waals surface area contributed by atoms with Crippen LogP contribution in [0.1, 0.15) is 20.8 Å². The van der Waals surface area contributed by atoms with Gasteiger partial charge in [-0.05, 0) is 32.9 Å². The molecule has 1 atom stereocenters. The second-order valence-electron chi connectivity index (χ2n) is 6.84. The molecular formula is C23H30N2O5. The van der Waals surface area contributed by atoms with Crippen molar-refractivity contribution in [2.75, 3.05) is 49.7 Å². The molecule has 0 saturated carbocycles. The number of anilines is 2. The minimum Gasteiger partial charge on any atom is -0.492 e. The van der Waals surface area contributed by atoms with Crippen LogP contribution < -0.4 is 24.4 Å². The molecule has 1 saturated heterocycles. The molecule has 0 spiro atoms. The summed E-state index contributed by atoms with van der Waals surface area (Å²) in [5.41, 5.74) is 1.50. The smallest absolute Gasteiger partial charge is 0.265 e. The van der Waals surface area contributed by atoms with Gasteiger partial charge in [-0.1, -0.05) is 18.2 Å². The molecule has 2 aromatic carbocycles. The fraction of sp³-hybridized carbons (Fsp3) is 0.435. The zero-order valence-corrected chi connectivity index (χ0v) is 17.8. The maximum Gasteiger partial charge on any atom is 0.265 e. The molecule has 30 heavy (non-hydrogen) atoms. The normalized spacial score (nSPS) is 14.7. The van der Waals surface area contributed by atoms with E-state index in [9.17, 15) is 4.79 Å². The minimum absolute atomic E-state index is 0.263. The summed E-state index contributed by atoms with van der Waals surface area (Å²) in [4.78, 5) is 15.0. The third-order valence-electron chi connectivity index (χ3n) is 4.70. The first-order chi connectivity index (χ1) is 14.6. The maximum atomic E-state index is 12.8. The van der Waals surface area contributed by atoms with E-state index in [0.29, 0.717) is 49.4 Å². The van der Waals surface area contributed by atoms with Crippen LogP contribution in [0.15, 0.2) is 42.5 Å². The van der Waals surface area contributed by atoms with Crippen molar-refractivity contribution in [2.45, 2.75) is 26.9 Å². The summed E-state index contributed by atoms with van der Waals surface area (Å²) in [6, 6.07) is 13.0. The maximum absolute atomic E-state index is 12.8. The summed E-state index contributed by atoms with van der Waals surface area (Å²) in [5, 5.41) is 2.93. The second kappa shape index (κ2) is 10.7. The van der Waals surface area contributed by atoms with Crippen molar-refractivity contribution >= 4 is 17.3 Å². The van der Waals surface area contributed by atoms with Crippen molar-refractivity contribution in [3.8, 4) is 17.2 Å². The lowest BCUT2D eigenvalue weighted by atomic mass is 10.2. The van der Waals surface area contributed by atoms with E-state index < -0.39 is 6.10 Å². The van der Waals surface area contributed by atoms with Gasteiger partial charge in [0.05, 0.1) is 37.8 Å². The molecule has 162 valence electrons. The highest BCUT2D eigenvalue weighted by atomic mass is 16.5. The molecule has 1 fully saturated rings. The first kappa shape index (κ1) is 21.8. The Bertz CT molecular complexity index is 822. The van der Waals surface area contributed by atoms with Crippen LogP contribution in [0.2, 0.25) is 0 Å². The number of carbonyl (C=O) groups is 1. The van der Waals surface area contributed by atoms with Crippen LogP contribution in [0.4, 0.5) is 11.4 Å². The van der Waals surface area contributed by atoms with Crippen molar-refractivity contribution in [1.82, 2.24) is 0 Å². The average Bonchev–Trinajstić information content (AvgIpc) is 2.77. The Hall–Kier alpha value is -2.93. The monoisotopic (exact) mass is 414 g/mol. The van der Waals surface area contributed by atoms with E-state index in [1.165, 1.54) is 0 Å². The number of nitrogens with zero attached hydrogens (tertiary/aromatic N) is 1. The zero-order chi connectivity index (χ0) is 21.3. The topological polar surface area (TPSA) is 69.3 Å². The number of morpholine rings is 1. The molecule has 1 aliphatic rings. The van der Waals surface area contributed by atoms with E-state index in [0.717, 1.165) is 18.8 Å². The standard InChI is InChI=1S/C23H30N2O5/c1-4-28-21-16-20(25-11-13-27-14-12-25)22(29-5-2)15-19(21)24-23(26)17(3)30-18-9-7-6-8-10-18/h6-10,15-17H,4-5,11-14H2,1-3H3,(H,24,26)/t17-/m0/s1. The lowest BCUT2D eigenvalue weighted by Gasteiger charge is -2.31. The van der Waals surface area contributed by atoms with Gasteiger partial charge in [-0.25, -0.2) is 0 Å². The van der Waals surface area contributed by atoms with Crippen LogP contribution in [0.3, 0.4) is 0 Å². The molecule has 0 unspecified atom stereocenters. The van der Waals surface area contributed by atoms with E-state index in [1.807, 2.05) is 56.3 Å².